The molecule has 38 nitrogen and oxygen atoms in total. The van der Waals surface area contributed by atoms with Gasteiger partial charge in [-0.25, -0.2) is 0 Å². The number of primary amides is 2. The molecule has 0 unspecified atom stereocenters. The van der Waals surface area contributed by atoms with Gasteiger partial charge in [0.05, 0.1) is 25.5 Å². The summed E-state index contributed by atoms with van der Waals surface area (Å²) in [5.41, 5.74) is 12.6. The molecule has 0 spiro atoms. The van der Waals surface area contributed by atoms with Gasteiger partial charge in [-0.3, -0.25) is 80.8 Å². The van der Waals surface area contributed by atoms with Crippen molar-refractivity contribution in [2.45, 2.75) is 132 Å². The number of H-pyrrole nitrogens is 1. The van der Waals surface area contributed by atoms with Crippen LogP contribution in [0.3, 0.4) is 0 Å². The van der Waals surface area contributed by atoms with E-state index in [1.807, 2.05) is 0 Å². The minimum absolute atomic E-state index is 0.0226. The van der Waals surface area contributed by atoms with Gasteiger partial charge in [0.1, 0.15) is 60.1 Å². The maximum atomic E-state index is 14.5. The van der Waals surface area contributed by atoms with E-state index in [2.05, 4.69) is 62.3 Å². The molecule has 1 aromatic heterocycles. The quantitative estimate of drug-likeness (QED) is 0.0187. The number of para-hydroxylation sites is 1. The van der Waals surface area contributed by atoms with Gasteiger partial charge in [0.15, 0.2) is 0 Å². The number of amides is 12. The average molecular weight is 1450 g/mol. The Balaban J connectivity index is 0.00000401. The number of aromatic amines is 1. The topological polar surface area (TPSA) is 626 Å². The lowest BCUT2D eigenvalue weighted by Gasteiger charge is -2.27. The fourth-order valence-corrected chi connectivity index (χ4v) is 10.3. The number of carboxylic acid groups (broad SMARTS) is 2. The highest BCUT2D eigenvalue weighted by molar-refractivity contribution is 7.98. The standard InChI is InChI=1S/C58H73N13O21S2.H2O4S/c1-29(72)49(71-57(87)40(23-31-12-14-33(15-13-31)92-94(89,90)91)68-56(86)43(26-48(78)79)69-52(82)37(16-18-44(59)73)65-51(81)36-17-19-45(74)63-36)58(88)62-28-46(75)64-41(24-32-27-61-35-11-7-6-10-34(32)35)54(84)66-38(20-21-93-2)53(83)70-42(25-47(76)77)55(85)67-39(50(60)80)22-30-8-4-3-5-9-30;1-5(2,3)4/h3-15,27,29,36-43,49,61,72H,16-26,28H2,1-2H3,(H2,59,73)(H2,60,80)(H,62,88)(H,63,74)(H,64,75)(H,65,81)(H,66,84)(H,67,85)(H,68,86)(H,69,82)(H,70,83)(H,71,87)(H,76,77)(H,78,79)(H,89,90,91);(H2,1,2,3,4)/t29-,36+,37+,38+,39+,40+,41+,42+,43+,49+;/m1./s1. The van der Waals surface area contributed by atoms with Crippen LogP contribution in [-0.2, 0) is 107 Å². The molecule has 1 fully saturated rings. The first-order chi connectivity index (χ1) is 46.4. The molecule has 0 radical (unpaired) electrons. The highest BCUT2D eigenvalue weighted by Gasteiger charge is 2.37. The predicted molar refractivity (Wildman–Crippen MR) is 345 cm³/mol. The monoisotopic (exact) mass is 1450 g/mol. The molecule has 1 aliphatic rings. The van der Waals surface area contributed by atoms with Crippen LogP contribution in [0.25, 0.3) is 10.9 Å². The van der Waals surface area contributed by atoms with E-state index >= 15 is 0 Å². The zero-order valence-electron chi connectivity index (χ0n) is 52.7. The molecule has 4 aromatic rings. The molecular weight excluding hydrogens is 1370 g/mol. The molecule has 5 rings (SSSR count). The van der Waals surface area contributed by atoms with Crippen LogP contribution < -0.4 is 68.8 Å². The van der Waals surface area contributed by atoms with Crippen LogP contribution >= 0.6 is 11.8 Å². The number of nitrogens with one attached hydrogen (secondary N) is 11. The number of hydrogen-bond donors (Lipinski definition) is 19. The molecule has 0 saturated carbocycles. The van der Waals surface area contributed by atoms with Gasteiger partial charge < -0.3 is 89.1 Å². The summed E-state index contributed by atoms with van der Waals surface area (Å²) in [6.45, 7) is 0.0728. The van der Waals surface area contributed by atoms with E-state index in [0.29, 0.717) is 22.0 Å². The first kappa shape index (κ1) is 81.1. The highest BCUT2D eigenvalue weighted by Crippen LogP contribution is 2.21. The summed E-state index contributed by atoms with van der Waals surface area (Å²) in [6, 6.07) is 4.78. The van der Waals surface area contributed by atoms with Crippen molar-refractivity contribution in [1.82, 2.24) is 58.2 Å². The number of fused-ring (bicyclic) bond motifs is 1. The molecule has 2 heterocycles. The first-order valence-corrected chi connectivity index (χ1v) is 33.8. The zero-order valence-corrected chi connectivity index (χ0v) is 55.1. The molecule has 1 aliphatic heterocycles. The van der Waals surface area contributed by atoms with Crippen LogP contribution in [0.1, 0.15) is 68.6 Å². The fraction of sp³-hybridized carbons (Fsp3) is 0.414. The number of nitrogens with two attached hydrogens (primary N) is 2. The van der Waals surface area contributed by atoms with E-state index in [9.17, 15) is 90.9 Å². The molecule has 0 bridgehead atoms. The Hall–Kier alpha value is -10.3. The van der Waals surface area contributed by atoms with Gasteiger partial charge >= 0.3 is 32.7 Å². The number of aromatic nitrogens is 1. The van der Waals surface area contributed by atoms with Crippen molar-refractivity contribution < 1.29 is 117 Å². The van der Waals surface area contributed by atoms with Crippen LogP contribution in [0.5, 0.6) is 5.75 Å². The van der Waals surface area contributed by atoms with Crippen molar-refractivity contribution in [1.29, 1.82) is 0 Å². The minimum atomic E-state index is -5.02. The minimum Gasteiger partial charge on any atom is -0.481 e. The first-order valence-electron chi connectivity index (χ1n) is 29.6. The zero-order chi connectivity index (χ0) is 73.9. The summed E-state index contributed by atoms with van der Waals surface area (Å²) >= 11 is 1.26. The molecule has 41 heteroatoms. The molecule has 1 saturated heterocycles. The third-order valence-corrected chi connectivity index (χ3v) is 15.3. The lowest BCUT2D eigenvalue weighted by atomic mass is 10.0. The van der Waals surface area contributed by atoms with E-state index in [-0.39, 0.29) is 43.4 Å². The number of rotatable bonds is 38. The normalized spacial score (nSPS) is 15.4. The van der Waals surface area contributed by atoms with E-state index in [4.69, 9.17) is 33.5 Å². The average Bonchev–Trinajstić information content (AvgIpc) is 1.58. The SMILES string of the molecule is CSCC[C@H](NC(=O)[C@H](Cc1c[nH]c2ccccc12)NC(=O)CNC(=O)[C@@H](NC(=O)[C@H](Cc1ccc(OS(=O)(=O)O)cc1)NC(=O)[C@H](CC(=O)O)NC(=O)[C@H](CCC(N)=O)NC(=O)[C@@H]1CCC(=O)N1)[C@@H](C)O)C(=O)N[C@@H](CC(=O)O)C(=O)N[C@@H](Cc1ccccc1)C(N)=O.O=S(=O)(O)O. The van der Waals surface area contributed by atoms with E-state index in [1.165, 1.54) is 23.9 Å². The fourth-order valence-electron chi connectivity index (χ4n) is 9.50. The Morgan fingerprint density at radius 2 is 1.09 bits per heavy atom. The van der Waals surface area contributed by atoms with Crippen molar-refractivity contribution in [3.8, 4) is 5.75 Å². The number of aliphatic hydroxyl groups is 1. The highest BCUT2D eigenvalue weighted by atomic mass is 32.3. The van der Waals surface area contributed by atoms with Crippen LogP contribution in [0.4, 0.5) is 0 Å². The number of aliphatic hydroxyl groups excluding tert-OH is 1. The molecule has 12 amide bonds. The van der Waals surface area contributed by atoms with Gasteiger partial charge in [0.2, 0.25) is 70.9 Å². The molecule has 3 aromatic carbocycles. The van der Waals surface area contributed by atoms with Gasteiger partial charge in [-0.2, -0.15) is 28.6 Å². The number of benzene rings is 3. The molecule has 21 N–H and O–H groups in total. The van der Waals surface area contributed by atoms with E-state index < -0.39 is 209 Å². The Bertz CT molecular complexity index is 3820. The van der Waals surface area contributed by atoms with Crippen LogP contribution in [0.15, 0.2) is 85.1 Å². The van der Waals surface area contributed by atoms with Crippen molar-refractivity contribution in [3.05, 3.63) is 102 Å². The van der Waals surface area contributed by atoms with Crippen LogP contribution in [0.2, 0.25) is 0 Å². The molecule has 10 atom stereocenters. The Labute approximate surface area is 568 Å². The number of carbonyl (C=O) groups excluding carboxylic acids is 12. The lowest BCUT2D eigenvalue weighted by molar-refractivity contribution is -0.142. The van der Waals surface area contributed by atoms with Crippen molar-refractivity contribution in [2.75, 3.05) is 18.6 Å². The van der Waals surface area contributed by atoms with Crippen LogP contribution in [0, 0.1) is 0 Å². The molecule has 0 aliphatic carbocycles. The van der Waals surface area contributed by atoms with Crippen molar-refractivity contribution >= 4 is 126 Å². The largest absolute Gasteiger partial charge is 0.481 e. The molecule has 540 valence electrons. The number of carboxylic acids is 2. The smallest absolute Gasteiger partial charge is 0.446 e. The summed E-state index contributed by atoms with van der Waals surface area (Å²) in [6.07, 6.45) is -2.72. The number of hydrogen-bond acceptors (Lipinski definition) is 21. The summed E-state index contributed by atoms with van der Waals surface area (Å²) < 4.78 is 67.9. The van der Waals surface area contributed by atoms with Gasteiger partial charge in [-0.05, 0) is 73.1 Å². The predicted octanol–water partition coefficient (Wildman–Crippen LogP) is -5.17. The third-order valence-electron chi connectivity index (χ3n) is 14.3. The number of thioether (sulfide) groups is 1. The summed E-state index contributed by atoms with van der Waals surface area (Å²) in [4.78, 5) is 188. The summed E-state index contributed by atoms with van der Waals surface area (Å²) in [5.74, 6) is -15.9. The Morgan fingerprint density at radius 1 is 0.606 bits per heavy atom. The maximum absolute atomic E-state index is 14.5. The lowest BCUT2D eigenvalue weighted by Crippen LogP contribution is -2.61. The molecule has 99 heavy (non-hydrogen) atoms. The van der Waals surface area contributed by atoms with Gasteiger partial charge in [-0.1, -0.05) is 60.7 Å². The second kappa shape index (κ2) is 38.6. The maximum Gasteiger partial charge on any atom is 0.446 e. The van der Waals surface area contributed by atoms with Crippen molar-refractivity contribution in [3.63, 3.8) is 0 Å². The van der Waals surface area contributed by atoms with Crippen LogP contribution in [-0.4, -0.2) is 213 Å². The number of carbonyl (C=O) groups is 14. The number of aliphatic carboxylic acids is 2. The Kier molecular flexibility index (Phi) is 31.6. The second-order valence-electron chi connectivity index (χ2n) is 22.0. The van der Waals surface area contributed by atoms with E-state index in [1.54, 1.807) is 67.0 Å². The van der Waals surface area contributed by atoms with Gasteiger partial charge in [0.25, 0.3) is 0 Å². The molecular formula is C58H75N13O25S3. The van der Waals surface area contributed by atoms with E-state index in [0.717, 1.165) is 19.1 Å². The summed E-state index contributed by atoms with van der Waals surface area (Å²) in [5, 5.41) is 54.6. The second-order valence-corrected chi connectivity index (χ2v) is 24.9. The summed E-state index contributed by atoms with van der Waals surface area (Å²) in [7, 11) is -9.68. The van der Waals surface area contributed by atoms with Crippen molar-refractivity contribution in [2.24, 2.45) is 11.5 Å². The third kappa shape index (κ3) is 29.5. The van der Waals surface area contributed by atoms with Gasteiger partial charge in [-0.15, -0.1) is 0 Å². The Morgan fingerprint density at radius 3 is 1.62 bits per heavy atom. The van der Waals surface area contributed by atoms with Gasteiger partial charge in [0, 0.05) is 49.2 Å².